The number of anilines is 2. The number of sulfonamides is 1. The first kappa shape index (κ1) is 24.2. The van der Waals surface area contributed by atoms with Gasteiger partial charge in [-0.1, -0.05) is 29.8 Å². The maximum Gasteiger partial charge on any atom is 0.237 e. The minimum Gasteiger partial charge on any atom is -0.437 e. The van der Waals surface area contributed by atoms with E-state index in [9.17, 15) is 21.6 Å². The van der Waals surface area contributed by atoms with Crippen molar-refractivity contribution in [2.45, 2.75) is 5.75 Å². The topological polar surface area (TPSA) is 120 Å². The van der Waals surface area contributed by atoms with Gasteiger partial charge < -0.3 is 10.5 Å². The van der Waals surface area contributed by atoms with E-state index in [1.54, 1.807) is 16.9 Å². The average Bonchev–Trinajstić information content (AvgIpc) is 2.82. The molecule has 0 bridgehead atoms. The number of ether oxygens (including phenoxy) is 1. The van der Waals surface area contributed by atoms with Crippen LogP contribution in [0.25, 0.3) is 11.3 Å². The lowest BCUT2D eigenvalue weighted by molar-refractivity contribution is 0.454. The van der Waals surface area contributed by atoms with Crippen LogP contribution < -0.4 is 15.2 Å². The largest absolute Gasteiger partial charge is 0.437 e. The molecule has 2 heterocycles. The molecule has 0 unspecified atom stereocenters. The fourth-order valence-corrected chi connectivity index (χ4v) is 4.45. The Kier molecular flexibility index (Phi) is 6.76. The lowest BCUT2D eigenvalue weighted by Gasteiger charge is -2.15. The quantitative estimate of drug-likeness (QED) is 0.331. The summed E-state index contributed by atoms with van der Waals surface area (Å²) < 4.78 is 75.7. The third-order valence-electron chi connectivity index (χ3n) is 4.61. The van der Waals surface area contributed by atoms with Gasteiger partial charge in [-0.05, 0) is 24.3 Å². The molecule has 2 aromatic heterocycles. The van der Waals surface area contributed by atoms with E-state index in [1.165, 1.54) is 36.7 Å². The minimum absolute atomic E-state index is 0.0144. The summed E-state index contributed by atoms with van der Waals surface area (Å²) in [7, 11) is -4.40. The summed E-state index contributed by atoms with van der Waals surface area (Å²) in [5.41, 5.74) is 5.04. The number of rotatable bonds is 7. The summed E-state index contributed by atoms with van der Waals surface area (Å²) in [6.45, 7) is 0. The van der Waals surface area contributed by atoms with Crippen molar-refractivity contribution in [2.24, 2.45) is 0 Å². The van der Waals surface area contributed by atoms with Crippen LogP contribution >= 0.6 is 11.6 Å². The van der Waals surface area contributed by atoms with Crippen LogP contribution in [-0.2, 0) is 15.8 Å². The van der Waals surface area contributed by atoms with E-state index >= 15 is 0 Å². The van der Waals surface area contributed by atoms with E-state index in [0.29, 0.717) is 17.3 Å². The molecule has 0 fully saturated rings. The predicted octanol–water partition coefficient (Wildman–Crippen LogP) is 4.93. The third kappa shape index (κ3) is 5.44. The minimum atomic E-state index is -4.40. The number of hydrogen-bond donors (Lipinski definition) is 2. The highest BCUT2D eigenvalue weighted by atomic mass is 35.5. The second kappa shape index (κ2) is 9.76. The van der Waals surface area contributed by atoms with Gasteiger partial charge in [0.05, 0.1) is 17.0 Å². The molecule has 4 aromatic rings. The standard InChI is InChI=1S/C22H15ClF3N5O3S/c23-18-17(34-21-13(5-3-8-28-21)16-7-9-29-22(27)30-16)10-15(25)20(19(18)26)31-35(32,33)11-12-4-1-2-6-14(12)24/h1-10,31H,11H2,(H2,27,29,30). The molecule has 0 atom stereocenters. The van der Waals surface area contributed by atoms with Crippen LogP contribution in [0.2, 0.25) is 5.02 Å². The van der Waals surface area contributed by atoms with E-state index in [-0.39, 0.29) is 17.4 Å². The monoisotopic (exact) mass is 521 g/mol. The van der Waals surface area contributed by atoms with Crippen LogP contribution in [0.1, 0.15) is 5.56 Å². The van der Waals surface area contributed by atoms with Crippen molar-refractivity contribution in [3.05, 3.63) is 89.0 Å². The molecule has 0 aliphatic rings. The van der Waals surface area contributed by atoms with Gasteiger partial charge in [0.2, 0.25) is 21.9 Å². The van der Waals surface area contributed by atoms with Crippen molar-refractivity contribution in [3.8, 4) is 22.9 Å². The van der Waals surface area contributed by atoms with E-state index < -0.39 is 49.7 Å². The number of nitrogens with zero attached hydrogens (tertiary/aromatic N) is 3. The Morgan fingerprint density at radius 3 is 2.51 bits per heavy atom. The zero-order chi connectivity index (χ0) is 25.2. The Balaban J connectivity index is 1.64. The lowest BCUT2D eigenvalue weighted by Crippen LogP contribution is -2.18. The van der Waals surface area contributed by atoms with Crippen LogP contribution in [0.15, 0.2) is 60.9 Å². The first-order chi connectivity index (χ1) is 16.6. The molecule has 4 rings (SSSR count). The second-order valence-electron chi connectivity index (χ2n) is 7.07. The SMILES string of the molecule is Nc1nccc(-c2cccnc2Oc2cc(F)c(NS(=O)(=O)Cc3ccccc3F)c(F)c2Cl)n1. The van der Waals surface area contributed by atoms with Gasteiger partial charge in [-0.3, -0.25) is 4.72 Å². The number of nitrogens with two attached hydrogens (primary N) is 1. The van der Waals surface area contributed by atoms with Gasteiger partial charge in [0.25, 0.3) is 0 Å². The van der Waals surface area contributed by atoms with Gasteiger partial charge in [-0.2, -0.15) is 0 Å². The molecule has 0 spiro atoms. The van der Waals surface area contributed by atoms with Crippen molar-refractivity contribution in [1.82, 2.24) is 15.0 Å². The Labute approximate surface area is 202 Å². The number of pyridine rings is 1. The van der Waals surface area contributed by atoms with Crippen molar-refractivity contribution in [1.29, 1.82) is 0 Å². The van der Waals surface area contributed by atoms with Crippen molar-refractivity contribution >= 4 is 33.3 Å². The molecule has 0 amide bonds. The molecule has 180 valence electrons. The molecule has 0 saturated carbocycles. The summed E-state index contributed by atoms with van der Waals surface area (Å²) in [6.07, 6.45) is 2.78. The van der Waals surface area contributed by atoms with E-state index in [2.05, 4.69) is 15.0 Å². The van der Waals surface area contributed by atoms with Crippen LogP contribution in [0, 0.1) is 17.5 Å². The Morgan fingerprint density at radius 2 is 1.77 bits per heavy atom. The van der Waals surface area contributed by atoms with Gasteiger partial charge in [-0.25, -0.2) is 36.5 Å². The average molecular weight is 522 g/mol. The number of aromatic nitrogens is 3. The zero-order valence-corrected chi connectivity index (χ0v) is 19.1. The molecular weight excluding hydrogens is 507 g/mol. The molecule has 0 radical (unpaired) electrons. The molecule has 0 saturated heterocycles. The maximum atomic E-state index is 14.9. The highest BCUT2D eigenvalue weighted by Gasteiger charge is 2.24. The lowest BCUT2D eigenvalue weighted by atomic mass is 10.2. The molecule has 0 aliphatic carbocycles. The van der Waals surface area contributed by atoms with Crippen LogP contribution in [0.4, 0.5) is 24.8 Å². The fraction of sp³-hybridized carbons (Fsp3) is 0.0455. The Morgan fingerprint density at radius 1 is 1.00 bits per heavy atom. The molecular formula is C22H15ClF3N5O3S. The summed E-state index contributed by atoms with van der Waals surface area (Å²) in [5.74, 6) is -4.96. The number of halogens is 4. The fourth-order valence-electron chi connectivity index (χ4n) is 3.05. The summed E-state index contributed by atoms with van der Waals surface area (Å²) >= 11 is 6.02. The number of benzene rings is 2. The van der Waals surface area contributed by atoms with Gasteiger partial charge in [0.1, 0.15) is 16.5 Å². The Hall–Kier alpha value is -3.90. The van der Waals surface area contributed by atoms with E-state index in [1.807, 2.05) is 0 Å². The first-order valence-corrected chi connectivity index (χ1v) is 11.8. The van der Waals surface area contributed by atoms with Crippen molar-refractivity contribution in [2.75, 3.05) is 10.5 Å². The van der Waals surface area contributed by atoms with Gasteiger partial charge in [-0.15, -0.1) is 0 Å². The zero-order valence-electron chi connectivity index (χ0n) is 17.5. The molecule has 35 heavy (non-hydrogen) atoms. The number of nitrogens with one attached hydrogen (secondary N) is 1. The molecule has 8 nitrogen and oxygen atoms in total. The molecule has 2 aromatic carbocycles. The van der Waals surface area contributed by atoms with Crippen molar-refractivity contribution < 1.29 is 26.3 Å². The van der Waals surface area contributed by atoms with Gasteiger partial charge >= 0.3 is 0 Å². The first-order valence-electron chi connectivity index (χ1n) is 9.78. The molecule has 3 N–H and O–H groups in total. The summed E-state index contributed by atoms with van der Waals surface area (Å²) in [4.78, 5) is 11.9. The molecule has 13 heteroatoms. The number of hydrogen-bond acceptors (Lipinski definition) is 7. The smallest absolute Gasteiger partial charge is 0.237 e. The van der Waals surface area contributed by atoms with Crippen LogP contribution in [0.3, 0.4) is 0 Å². The van der Waals surface area contributed by atoms with Gasteiger partial charge in [0.15, 0.2) is 17.4 Å². The predicted molar refractivity (Wildman–Crippen MR) is 124 cm³/mol. The summed E-state index contributed by atoms with van der Waals surface area (Å²) in [6, 6.07) is 10.5. The Bertz CT molecular complexity index is 1520. The van der Waals surface area contributed by atoms with Crippen molar-refractivity contribution in [3.63, 3.8) is 0 Å². The van der Waals surface area contributed by atoms with E-state index in [0.717, 1.165) is 6.07 Å². The highest BCUT2D eigenvalue weighted by Crippen LogP contribution is 2.39. The van der Waals surface area contributed by atoms with Gasteiger partial charge in [0, 0.05) is 24.0 Å². The third-order valence-corrected chi connectivity index (χ3v) is 6.17. The second-order valence-corrected chi connectivity index (χ2v) is 9.17. The molecule has 0 aliphatic heterocycles. The van der Waals surface area contributed by atoms with Crippen LogP contribution in [-0.4, -0.2) is 23.4 Å². The van der Waals surface area contributed by atoms with Crippen LogP contribution in [0.5, 0.6) is 11.6 Å². The van der Waals surface area contributed by atoms with E-state index in [4.69, 9.17) is 22.1 Å². The number of nitrogen functional groups attached to an aromatic ring is 1. The normalized spacial score (nSPS) is 11.3. The summed E-state index contributed by atoms with van der Waals surface area (Å²) in [5, 5.41) is -0.714. The highest BCUT2D eigenvalue weighted by molar-refractivity contribution is 7.91. The maximum absolute atomic E-state index is 14.9.